The molecule has 1 saturated carbocycles. The summed E-state index contributed by atoms with van der Waals surface area (Å²) in [5, 5.41) is 4.35. The Bertz CT molecular complexity index is 1040. The molecule has 0 amide bonds. The molecule has 1 aliphatic carbocycles. The molecule has 0 atom stereocenters. The summed E-state index contributed by atoms with van der Waals surface area (Å²) in [6, 6.07) is 16.2. The zero-order valence-electron chi connectivity index (χ0n) is 18.1. The van der Waals surface area contributed by atoms with Crippen LogP contribution in [0.5, 0.6) is 0 Å². The summed E-state index contributed by atoms with van der Waals surface area (Å²) in [7, 11) is 1.38. The Morgan fingerprint density at radius 3 is 2.40 bits per heavy atom. The molecule has 156 valence electrons. The van der Waals surface area contributed by atoms with E-state index >= 15 is 0 Å². The number of rotatable bonds is 5. The molecule has 1 aromatic heterocycles. The third-order valence-corrected chi connectivity index (χ3v) is 6.17. The highest BCUT2D eigenvalue weighted by Crippen LogP contribution is 2.48. The highest BCUT2D eigenvalue weighted by atomic mass is 16.5. The lowest BCUT2D eigenvalue weighted by Gasteiger charge is -2.39. The smallest absolute Gasteiger partial charge is 0.338 e. The minimum Gasteiger partial charge on any atom is -0.465 e. The monoisotopic (exact) mass is 404 g/mol. The Kier molecular flexibility index (Phi) is 5.22. The third-order valence-electron chi connectivity index (χ3n) is 6.17. The maximum absolute atomic E-state index is 12.0. The molecule has 3 aromatic rings. The van der Waals surface area contributed by atoms with E-state index in [2.05, 4.69) is 50.2 Å². The molecule has 4 rings (SSSR count). The van der Waals surface area contributed by atoms with Crippen molar-refractivity contribution in [2.24, 2.45) is 0 Å². The summed E-state index contributed by atoms with van der Waals surface area (Å²) in [5.74, 6) is 0.890. The Morgan fingerprint density at radius 1 is 1.10 bits per heavy atom. The van der Waals surface area contributed by atoms with Gasteiger partial charge in [-0.1, -0.05) is 74.8 Å². The number of hydrogen-bond donors (Lipinski definition) is 0. The Morgan fingerprint density at radius 2 is 1.80 bits per heavy atom. The first kappa shape index (κ1) is 20.3. The topological polar surface area (TPSA) is 65.2 Å². The second-order valence-electron chi connectivity index (χ2n) is 9.10. The maximum atomic E-state index is 12.0. The molecule has 0 aliphatic heterocycles. The van der Waals surface area contributed by atoms with Crippen molar-refractivity contribution in [2.75, 3.05) is 7.11 Å². The van der Waals surface area contributed by atoms with Crippen LogP contribution in [0.2, 0.25) is 0 Å². The highest BCUT2D eigenvalue weighted by Gasteiger charge is 2.44. The van der Waals surface area contributed by atoms with Crippen LogP contribution in [0.1, 0.15) is 78.8 Å². The Hall–Kier alpha value is -2.95. The summed E-state index contributed by atoms with van der Waals surface area (Å²) in [6.07, 6.45) is 3.58. The quantitative estimate of drug-likeness (QED) is 0.546. The molecule has 0 N–H and O–H groups in total. The van der Waals surface area contributed by atoms with Crippen molar-refractivity contribution < 1.29 is 14.1 Å². The average Bonchev–Trinajstić information content (AvgIpc) is 3.15. The molecule has 1 heterocycles. The van der Waals surface area contributed by atoms with Gasteiger partial charge in [0.2, 0.25) is 5.89 Å². The molecule has 0 saturated heterocycles. The normalized spacial score (nSPS) is 15.5. The van der Waals surface area contributed by atoms with Crippen LogP contribution in [-0.2, 0) is 22.0 Å². The molecule has 30 heavy (non-hydrogen) atoms. The zero-order valence-corrected chi connectivity index (χ0v) is 18.1. The van der Waals surface area contributed by atoms with Crippen molar-refractivity contribution in [3.8, 4) is 0 Å². The zero-order chi connectivity index (χ0) is 21.4. The number of nitrogens with zero attached hydrogens (tertiary/aromatic N) is 2. The standard InChI is InChI=1S/C25H28N2O3/c1-24(2,3)18-10-12-19(13-11-18)25(14-7-15-25)23-26-21(30-27-23)16-17-8-5-6-9-20(17)22(28)29-4/h5-6,8-13H,7,14-16H2,1-4H3. The first-order valence-corrected chi connectivity index (χ1v) is 10.4. The van der Waals surface area contributed by atoms with Gasteiger partial charge in [0, 0.05) is 0 Å². The van der Waals surface area contributed by atoms with E-state index in [-0.39, 0.29) is 16.8 Å². The fourth-order valence-electron chi connectivity index (χ4n) is 4.13. The number of ether oxygens (including phenoxy) is 1. The van der Waals surface area contributed by atoms with Crippen LogP contribution >= 0.6 is 0 Å². The Labute approximate surface area is 177 Å². The molecule has 1 aliphatic rings. The van der Waals surface area contributed by atoms with Gasteiger partial charge in [-0.05, 0) is 41.0 Å². The highest BCUT2D eigenvalue weighted by molar-refractivity contribution is 5.91. The fraction of sp³-hybridized carbons (Fsp3) is 0.400. The van der Waals surface area contributed by atoms with Crippen molar-refractivity contribution in [2.45, 2.75) is 57.3 Å². The van der Waals surface area contributed by atoms with E-state index in [0.717, 1.165) is 30.7 Å². The van der Waals surface area contributed by atoms with Gasteiger partial charge in [0.25, 0.3) is 0 Å². The van der Waals surface area contributed by atoms with Gasteiger partial charge in [0.1, 0.15) is 0 Å². The first-order chi connectivity index (χ1) is 14.3. The van der Waals surface area contributed by atoms with Crippen LogP contribution in [-0.4, -0.2) is 23.2 Å². The van der Waals surface area contributed by atoms with Gasteiger partial charge in [-0.3, -0.25) is 0 Å². The molecule has 5 nitrogen and oxygen atoms in total. The summed E-state index contributed by atoms with van der Waals surface area (Å²) >= 11 is 0. The lowest BCUT2D eigenvalue weighted by Crippen LogP contribution is -2.36. The van der Waals surface area contributed by atoms with E-state index in [1.165, 1.54) is 18.2 Å². The van der Waals surface area contributed by atoms with E-state index in [0.29, 0.717) is 17.9 Å². The number of carbonyl (C=O) groups is 1. The number of hydrogen-bond acceptors (Lipinski definition) is 5. The van der Waals surface area contributed by atoms with E-state index in [4.69, 9.17) is 14.2 Å². The van der Waals surface area contributed by atoms with Crippen LogP contribution in [0.4, 0.5) is 0 Å². The van der Waals surface area contributed by atoms with Gasteiger partial charge in [-0.15, -0.1) is 0 Å². The van der Waals surface area contributed by atoms with Gasteiger partial charge in [-0.2, -0.15) is 4.98 Å². The molecule has 0 unspecified atom stereocenters. The van der Waals surface area contributed by atoms with Crippen molar-refractivity contribution in [3.63, 3.8) is 0 Å². The molecule has 5 heteroatoms. The summed E-state index contributed by atoms with van der Waals surface area (Å²) < 4.78 is 10.5. The minimum absolute atomic E-state index is 0.123. The van der Waals surface area contributed by atoms with E-state index in [1.807, 2.05) is 18.2 Å². The summed E-state index contributed by atoms with van der Waals surface area (Å²) in [6.45, 7) is 6.66. The summed E-state index contributed by atoms with van der Waals surface area (Å²) in [5.41, 5.74) is 3.84. The number of carbonyl (C=O) groups excluding carboxylic acids is 1. The number of esters is 1. The van der Waals surface area contributed by atoms with Crippen LogP contribution < -0.4 is 0 Å². The second kappa shape index (κ2) is 7.71. The lowest BCUT2D eigenvalue weighted by molar-refractivity contribution is 0.0599. The molecule has 0 bridgehead atoms. The largest absolute Gasteiger partial charge is 0.465 e. The average molecular weight is 405 g/mol. The predicted octanol–water partition coefficient (Wildman–Crippen LogP) is 5.21. The van der Waals surface area contributed by atoms with Gasteiger partial charge >= 0.3 is 5.97 Å². The molecule has 2 aromatic carbocycles. The van der Waals surface area contributed by atoms with Crippen LogP contribution in [0.15, 0.2) is 53.1 Å². The van der Waals surface area contributed by atoms with Crippen molar-refractivity contribution in [1.29, 1.82) is 0 Å². The van der Waals surface area contributed by atoms with Crippen LogP contribution in [0, 0.1) is 0 Å². The second-order valence-corrected chi connectivity index (χ2v) is 9.10. The van der Waals surface area contributed by atoms with E-state index < -0.39 is 0 Å². The van der Waals surface area contributed by atoms with Gasteiger partial charge in [-0.25, -0.2) is 4.79 Å². The minimum atomic E-state index is -0.361. The molecule has 1 fully saturated rings. The third kappa shape index (κ3) is 3.64. The lowest BCUT2D eigenvalue weighted by atomic mass is 9.63. The molecular formula is C25H28N2O3. The Balaban J connectivity index is 1.61. The van der Waals surface area contributed by atoms with Crippen LogP contribution in [0.25, 0.3) is 0 Å². The molecular weight excluding hydrogens is 376 g/mol. The number of methoxy groups -OCH3 is 1. The first-order valence-electron chi connectivity index (χ1n) is 10.4. The molecule has 0 radical (unpaired) electrons. The van der Waals surface area contributed by atoms with Crippen LogP contribution in [0.3, 0.4) is 0 Å². The van der Waals surface area contributed by atoms with Gasteiger partial charge in [0.15, 0.2) is 5.82 Å². The molecule has 0 spiro atoms. The van der Waals surface area contributed by atoms with Gasteiger partial charge < -0.3 is 9.26 Å². The maximum Gasteiger partial charge on any atom is 0.338 e. The van der Waals surface area contributed by atoms with E-state index in [9.17, 15) is 4.79 Å². The van der Waals surface area contributed by atoms with Crippen molar-refractivity contribution in [1.82, 2.24) is 10.1 Å². The summed E-state index contributed by atoms with van der Waals surface area (Å²) in [4.78, 5) is 16.8. The van der Waals surface area contributed by atoms with Crippen molar-refractivity contribution in [3.05, 3.63) is 82.5 Å². The fourth-order valence-corrected chi connectivity index (χ4v) is 4.13. The SMILES string of the molecule is COC(=O)c1ccccc1Cc1nc(C2(c3ccc(C(C)(C)C)cc3)CCC2)no1. The predicted molar refractivity (Wildman–Crippen MR) is 115 cm³/mol. The number of benzene rings is 2. The van der Waals surface area contributed by atoms with Crippen molar-refractivity contribution >= 4 is 5.97 Å². The van der Waals surface area contributed by atoms with Gasteiger partial charge in [0.05, 0.1) is 24.5 Å². The number of aromatic nitrogens is 2. The van der Waals surface area contributed by atoms with E-state index in [1.54, 1.807) is 6.07 Å².